The molecule has 17 rings (SSSR count). The third-order valence-corrected chi connectivity index (χ3v) is 30.9. The zero-order chi connectivity index (χ0) is 83.3. The number of rotatable bonds is 24. The Hall–Kier alpha value is -9.20. The lowest BCUT2D eigenvalue weighted by atomic mass is 10.0. The zero-order valence-electron chi connectivity index (χ0n) is 70.7. The SMILES string of the molecule is CC(C)c1ccc(Sc2ccc(Sc3ccc(C(C)C)cc3)c3c2-c2nc-3nc3[nH]c(nc4nc(nc5[nH]c(n2)c2c(Sc6ccc(C(C)C)cc6)ccc(Sc6ccc(C(C)C)cc6)c52)-c2c(Sc5ccc(C(C)C)cc5)ccc(Sc5ccc(C(C)C)cc5)c2-4)c2c(Sc4ccc(C(C)C)cc4)ccc(Sc4ccc(C(C)C)cc4)c32)cc1. The molecule has 0 aliphatic carbocycles. The lowest BCUT2D eigenvalue weighted by Crippen LogP contribution is -1.91. The first-order chi connectivity index (χ1) is 58.0. The fraction of sp³-hybridized carbons (Fsp3) is 0.231. The van der Waals surface area contributed by atoms with Crippen LogP contribution >= 0.6 is 94.1 Å². The smallest absolute Gasteiger partial charge is 0.165 e. The van der Waals surface area contributed by atoms with Crippen LogP contribution in [0.15, 0.2) is 321 Å². The van der Waals surface area contributed by atoms with Crippen molar-refractivity contribution in [1.29, 1.82) is 0 Å². The van der Waals surface area contributed by atoms with Crippen molar-refractivity contribution >= 4 is 138 Å². The minimum Gasteiger partial charge on any atom is -0.324 e. The molecule has 16 heteroatoms. The Balaban J connectivity index is 1.05. The lowest BCUT2D eigenvalue weighted by Gasteiger charge is -2.14. The van der Waals surface area contributed by atoms with Crippen LogP contribution in [-0.4, -0.2) is 39.9 Å². The van der Waals surface area contributed by atoms with Gasteiger partial charge in [0.2, 0.25) is 0 Å². The third-order valence-electron chi connectivity index (χ3n) is 22.3. The van der Waals surface area contributed by atoms with Crippen molar-refractivity contribution < 1.29 is 0 Å². The number of fused-ring (bicyclic) bond motifs is 20. The summed E-state index contributed by atoms with van der Waals surface area (Å²) in [6.07, 6.45) is 0. The molecule has 0 atom stereocenters. The number of nitrogens with one attached hydrogen (secondary N) is 2. The van der Waals surface area contributed by atoms with E-state index < -0.39 is 0 Å². The first kappa shape index (κ1) is 83.1. The van der Waals surface area contributed by atoms with Gasteiger partial charge in [0, 0.05) is 122 Å². The van der Waals surface area contributed by atoms with Crippen LogP contribution < -0.4 is 0 Å². The van der Waals surface area contributed by atoms with Crippen molar-refractivity contribution in [3.8, 4) is 45.6 Å². The summed E-state index contributed by atoms with van der Waals surface area (Å²) in [5.41, 5.74) is 16.2. The van der Waals surface area contributed by atoms with E-state index in [1.165, 1.54) is 44.5 Å². The Kier molecular flexibility index (Phi) is 24.7. The molecule has 8 nitrogen and oxygen atoms in total. The van der Waals surface area contributed by atoms with Gasteiger partial charge in [0.15, 0.2) is 23.3 Å². The summed E-state index contributed by atoms with van der Waals surface area (Å²) in [6.45, 7) is 36.1. The van der Waals surface area contributed by atoms with E-state index in [1.807, 2.05) is 0 Å². The van der Waals surface area contributed by atoms with Crippen molar-refractivity contribution in [2.75, 3.05) is 0 Å². The molecule has 8 bridgehead atoms. The fourth-order valence-electron chi connectivity index (χ4n) is 15.1. The van der Waals surface area contributed by atoms with E-state index in [0.717, 1.165) is 122 Å². The van der Waals surface area contributed by atoms with Crippen molar-refractivity contribution in [2.24, 2.45) is 0 Å². The van der Waals surface area contributed by atoms with E-state index >= 15 is 0 Å². The normalized spacial score (nSPS) is 12.2. The number of nitrogens with zero attached hydrogens (tertiary/aromatic N) is 6. The number of aromatic nitrogens is 8. The molecule has 0 amide bonds. The van der Waals surface area contributed by atoms with Gasteiger partial charge in [-0.15, -0.1) is 0 Å². The van der Waals surface area contributed by atoms with Gasteiger partial charge < -0.3 is 9.97 Å². The largest absolute Gasteiger partial charge is 0.324 e. The maximum atomic E-state index is 6.13. The van der Waals surface area contributed by atoms with Gasteiger partial charge in [-0.2, -0.15) is 0 Å². The lowest BCUT2D eigenvalue weighted by molar-refractivity contribution is 0.865. The molecule has 12 aromatic carbocycles. The first-order valence-corrected chi connectivity index (χ1v) is 48.2. The van der Waals surface area contributed by atoms with Crippen LogP contribution in [0.4, 0.5) is 0 Å². The third kappa shape index (κ3) is 17.8. The molecule has 0 saturated carbocycles. The van der Waals surface area contributed by atoms with Gasteiger partial charge in [0.05, 0.1) is 0 Å². The van der Waals surface area contributed by atoms with Gasteiger partial charge in [-0.1, -0.05) is 302 Å². The molecule has 2 aliphatic heterocycles. The van der Waals surface area contributed by atoms with E-state index in [4.69, 9.17) is 29.9 Å². The van der Waals surface area contributed by atoms with Crippen LogP contribution in [0.2, 0.25) is 0 Å². The molecule has 120 heavy (non-hydrogen) atoms. The number of H-pyrrole nitrogens is 2. The molecule has 3 aromatic heterocycles. The fourth-order valence-corrected chi connectivity index (χ4v) is 22.8. The van der Waals surface area contributed by atoms with Gasteiger partial charge in [-0.05, 0) is 237 Å². The summed E-state index contributed by atoms with van der Waals surface area (Å²) < 4.78 is 0. The average molecular weight is 1720 g/mol. The maximum absolute atomic E-state index is 6.13. The Bertz CT molecular complexity index is 5710. The molecular weight excluding hydrogens is 1620 g/mol. The molecule has 602 valence electrons. The Morgan fingerprint density at radius 3 is 0.442 bits per heavy atom. The molecule has 5 heterocycles. The second-order valence-electron chi connectivity index (χ2n) is 33.5. The van der Waals surface area contributed by atoms with Crippen LogP contribution in [-0.2, 0) is 0 Å². The summed E-state index contributed by atoms with van der Waals surface area (Å²) in [7, 11) is 0. The monoisotopic (exact) mass is 1710 g/mol. The number of hydrogen-bond donors (Lipinski definition) is 2. The predicted molar refractivity (Wildman–Crippen MR) is 513 cm³/mol. The van der Waals surface area contributed by atoms with E-state index in [-0.39, 0.29) is 0 Å². The Labute approximate surface area is 740 Å². The second kappa shape index (κ2) is 35.7. The molecular formula is C104H98N8S8. The topological polar surface area (TPSA) is 109 Å². The Morgan fingerprint density at radius 2 is 0.300 bits per heavy atom. The van der Waals surface area contributed by atoms with Gasteiger partial charge >= 0.3 is 0 Å². The van der Waals surface area contributed by atoms with E-state index in [0.29, 0.717) is 93.2 Å². The van der Waals surface area contributed by atoms with Crippen LogP contribution in [0.5, 0.6) is 0 Å². The highest BCUT2D eigenvalue weighted by Gasteiger charge is 2.33. The quantitative estimate of drug-likeness (QED) is 0.0599. The minimum atomic E-state index is 0.366. The molecule has 15 aromatic rings. The summed E-state index contributed by atoms with van der Waals surface area (Å²) in [6, 6.07) is 90.6. The van der Waals surface area contributed by atoms with Gasteiger partial charge in [-0.3, -0.25) is 0 Å². The minimum absolute atomic E-state index is 0.366. The highest BCUT2D eigenvalue weighted by molar-refractivity contribution is 8.01. The van der Waals surface area contributed by atoms with Crippen LogP contribution in [0.1, 0.15) is 203 Å². The highest BCUT2D eigenvalue weighted by atomic mass is 32.2. The summed E-state index contributed by atoms with van der Waals surface area (Å²) in [5.74, 6) is 5.02. The van der Waals surface area contributed by atoms with Crippen molar-refractivity contribution in [1.82, 2.24) is 39.9 Å². The van der Waals surface area contributed by atoms with Crippen LogP contribution in [0, 0.1) is 0 Å². The first-order valence-electron chi connectivity index (χ1n) is 41.7. The molecule has 0 spiro atoms. The average Bonchev–Trinajstić information content (AvgIpc) is 1.57. The van der Waals surface area contributed by atoms with Gasteiger partial charge in [0.25, 0.3) is 0 Å². The molecule has 0 unspecified atom stereocenters. The molecule has 2 aliphatic rings. The van der Waals surface area contributed by atoms with E-state index in [9.17, 15) is 0 Å². The molecule has 2 N–H and O–H groups in total. The number of hydrogen-bond acceptors (Lipinski definition) is 14. The molecule has 0 radical (unpaired) electrons. The predicted octanol–water partition coefficient (Wildman–Crippen LogP) is 33.1. The van der Waals surface area contributed by atoms with Crippen molar-refractivity contribution in [2.45, 2.75) is 236 Å². The second-order valence-corrected chi connectivity index (χ2v) is 42.4. The van der Waals surface area contributed by atoms with Gasteiger partial charge in [0.1, 0.15) is 22.6 Å². The number of benzene rings is 12. The molecule has 0 saturated heterocycles. The van der Waals surface area contributed by atoms with Crippen LogP contribution in [0.3, 0.4) is 0 Å². The summed E-state index contributed by atoms with van der Waals surface area (Å²) in [4.78, 5) is 61.5. The standard InChI is InChI=1S/C104H98N8S8/c1-57(2)65-17-33-73(34-18-65)113-81-49-50-82(114-74-35-19-66(20-36-74)58(3)4)90-89(81)97-105-98(90)110-100-93-85(117-77-41-25-69(26-42-77)61(9)10)53-54-86(118-78-43-27-70(28-44-78)62(11)12)94(93)102(107-100)112-104-96-88(120-80-47-31-72(32-48-80)64(15)16)56-55-87(119-79-45-29-71(30-46-79)63(13)14)95(96)103(108-104)111-101-92-84(116-76-39-23-68(24-40-76)60(7)8)52-51-83(91(92)99(106-101)109-97)115-75-37-21-67(22-38-75)59(5)6/h17-64H,1-16H3,(H2,105,106,107,108,109,110,111,112). The molecule has 0 fully saturated rings. The number of aromatic amines is 2. The Morgan fingerprint density at radius 1 is 0.167 bits per heavy atom. The van der Waals surface area contributed by atoms with Gasteiger partial charge in [-0.25, -0.2) is 29.9 Å². The van der Waals surface area contributed by atoms with Crippen molar-refractivity contribution in [3.05, 3.63) is 287 Å². The van der Waals surface area contributed by atoms with E-state index in [2.05, 4.69) is 363 Å². The van der Waals surface area contributed by atoms with E-state index in [1.54, 1.807) is 94.1 Å². The van der Waals surface area contributed by atoms with Crippen molar-refractivity contribution in [3.63, 3.8) is 0 Å². The van der Waals surface area contributed by atoms with Crippen LogP contribution in [0.25, 0.3) is 89.7 Å². The summed E-state index contributed by atoms with van der Waals surface area (Å²) in [5, 5.41) is 3.66. The summed E-state index contributed by atoms with van der Waals surface area (Å²) >= 11 is 13.9. The maximum Gasteiger partial charge on any atom is 0.165 e. The zero-order valence-corrected chi connectivity index (χ0v) is 77.2. The highest BCUT2D eigenvalue weighted by Crippen LogP contribution is 2.54.